The maximum absolute atomic E-state index is 11.0. The number of rotatable bonds is 3. The summed E-state index contributed by atoms with van der Waals surface area (Å²) in [7, 11) is 1.59. The van der Waals surface area contributed by atoms with Crippen molar-refractivity contribution >= 4 is 17.7 Å². The normalized spacial score (nSPS) is 10.4. The fourth-order valence-electron chi connectivity index (χ4n) is 1.40. The molecule has 2 rings (SSSR count). The van der Waals surface area contributed by atoms with Gasteiger partial charge in [0, 0.05) is 11.9 Å². The molecule has 0 radical (unpaired) electrons. The minimum Gasteiger partial charge on any atom is -0.492 e. The third kappa shape index (κ3) is 2.26. The lowest BCUT2D eigenvalue weighted by Gasteiger charge is -2.02. The number of aromatic carboxylic acids is 1. The first kappa shape index (κ1) is 11.5. The molecule has 17 heavy (non-hydrogen) atoms. The second kappa shape index (κ2) is 4.50. The highest BCUT2D eigenvalue weighted by atomic mass is 32.2. The summed E-state index contributed by atoms with van der Waals surface area (Å²) in [5.41, 5.74) is -0.165. The van der Waals surface area contributed by atoms with Crippen molar-refractivity contribution in [2.24, 2.45) is 7.05 Å². The molecule has 0 aliphatic rings. The van der Waals surface area contributed by atoms with E-state index in [-0.39, 0.29) is 5.56 Å². The molecule has 2 aromatic rings. The molecule has 0 spiro atoms. The number of nitrogens with zero attached hydrogens (tertiary/aromatic N) is 2. The topological polar surface area (TPSA) is 75.3 Å². The number of hydrogen-bond acceptors (Lipinski definition) is 4. The molecule has 2 N–H and O–H groups in total. The monoisotopic (exact) mass is 250 g/mol. The lowest BCUT2D eigenvalue weighted by atomic mass is 10.3. The number of carboxylic acids is 1. The van der Waals surface area contributed by atoms with Crippen molar-refractivity contribution in [3.8, 4) is 5.88 Å². The van der Waals surface area contributed by atoms with Crippen molar-refractivity contribution < 1.29 is 15.0 Å². The molecule has 0 unspecified atom stereocenters. The van der Waals surface area contributed by atoms with E-state index in [0.717, 1.165) is 4.90 Å². The third-order valence-corrected chi connectivity index (χ3v) is 3.32. The van der Waals surface area contributed by atoms with Gasteiger partial charge < -0.3 is 10.2 Å². The molecule has 0 saturated carbocycles. The molecule has 0 bridgehead atoms. The van der Waals surface area contributed by atoms with E-state index in [1.807, 2.05) is 30.3 Å². The van der Waals surface area contributed by atoms with Crippen molar-refractivity contribution in [1.82, 2.24) is 9.78 Å². The van der Waals surface area contributed by atoms with Crippen molar-refractivity contribution in [3.05, 3.63) is 35.9 Å². The summed E-state index contributed by atoms with van der Waals surface area (Å²) in [6.07, 6.45) is 0. The Morgan fingerprint density at radius 3 is 2.59 bits per heavy atom. The number of carbonyl (C=O) groups is 1. The van der Waals surface area contributed by atoms with Gasteiger partial charge in [0.25, 0.3) is 0 Å². The molecule has 6 heteroatoms. The Labute approximate surface area is 102 Å². The van der Waals surface area contributed by atoms with Crippen LogP contribution in [0.2, 0.25) is 0 Å². The van der Waals surface area contributed by atoms with E-state index < -0.39 is 11.8 Å². The SMILES string of the molecule is Cn1nc(O)c(C(=O)O)c1Sc1ccccc1. The van der Waals surface area contributed by atoms with Gasteiger partial charge in [-0.3, -0.25) is 4.68 Å². The average Bonchev–Trinajstić information content (AvgIpc) is 2.55. The maximum Gasteiger partial charge on any atom is 0.344 e. The molecule has 0 amide bonds. The zero-order chi connectivity index (χ0) is 12.4. The van der Waals surface area contributed by atoms with Crippen LogP contribution in [0.1, 0.15) is 10.4 Å². The summed E-state index contributed by atoms with van der Waals surface area (Å²) in [4.78, 5) is 11.9. The van der Waals surface area contributed by atoms with Crippen LogP contribution in [-0.2, 0) is 7.05 Å². The fraction of sp³-hybridized carbons (Fsp3) is 0.0909. The second-order valence-corrected chi connectivity index (χ2v) is 4.41. The lowest BCUT2D eigenvalue weighted by Crippen LogP contribution is -1.99. The van der Waals surface area contributed by atoms with Gasteiger partial charge >= 0.3 is 5.97 Å². The highest BCUT2D eigenvalue weighted by molar-refractivity contribution is 7.99. The van der Waals surface area contributed by atoms with Gasteiger partial charge in [0.2, 0.25) is 5.88 Å². The average molecular weight is 250 g/mol. The van der Waals surface area contributed by atoms with Crippen molar-refractivity contribution in [2.45, 2.75) is 9.92 Å². The zero-order valence-electron chi connectivity index (χ0n) is 8.99. The Morgan fingerprint density at radius 1 is 1.35 bits per heavy atom. The summed E-state index contributed by atoms with van der Waals surface area (Å²) in [6, 6.07) is 9.32. The molecule has 0 fully saturated rings. The van der Waals surface area contributed by atoms with Gasteiger partial charge in [-0.1, -0.05) is 30.0 Å². The van der Waals surface area contributed by atoms with Crippen molar-refractivity contribution in [1.29, 1.82) is 0 Å². The van der Waals surface area contributed by atoms with E-state index in [4.69, 9.17) is 5.11 Å². The first-order valence-electron chi connectivity index (χ1n) is 4.81. The quantitative estimate of drug-likeness (QED) is 0.871. The smallest absolute Gasteiger partial charge is 0.344 e. The Kier molecular flexibility index (Phi) is 3.06. The maximum atomic E-state index is 11.0. The van der Waals surface area contributed by atoms with Crippen molar-refractivity contribution in [2.75, 3.05) is 0 Å². The van der Waals surface area contributed by atoms with Crippen LogP contribution in [0.3, 0.4) is 0 Å². The predicted molar refractivity (Wildman–Crippen MR) is 62.4 cm³/mol. The Hall–Kier alpha value is -1.95. The Balaban J connectivity index is 2.42. The second-order valence-electron chi connectivity index (χ2n) is 3.35. The molecule has 88 valence electrons. The Bertz CT molecular complexity index is 551. The standard InChI is InChI=1S/C11H10N2O3S/c1-13-10(8(11(15)16)9(14)12-13)17-7-5-3-2-4-6-7/h2-6H,1H3,(H,12,14)(H,15,16). The van der Waals surface area contributed by atoms with Crippen LogP contribution in [0.4, 0.5) is 0 Å². The molecule has 1 heterocycles. The predicted octanol–water partition coefficient (Wildman–Crippen LogP) is 1.98. The van der Waals surface area contributed by atoms with E-state index in [1.165, 1.54) is 16.4 Å². The van der Waals surface area contributed by atoms with Gasteiger partial charge in [-0.15, -0.1) is 5.10 Å². The summed E-state index contributed by atoms with van der Waals surface area (Å²) in [5.74, 6) is -1.65. The minimum absolute atomic E-state index is 0.165. The molecule has 0 atom stereocenters. The van der Waals surface area contributed by atoms with Gasteiger partial charge in [-0.2, -0.15) is 0 Å². The van der Waals surface area contributed by atoms with Gasteiger partial charge in [0.1, 0.15) is 5.03 Å². The Morgan fingerprint density at radius 2 is 2.00 bits per heavy atom. The van der Waals surface area contributed by atoms with E-state index >= 15 is 0 Å². The molecule has 5 nitrogen and oxygen atoms in total. The van der Waals surface area contributed by atoms with Crippen LogP contribution in [0.5, 0.6) is 5.88 Å². The number of benzene rings is 1. The molecule has 1 aromatic heterocycles. The lowest BCUT2D eigenvalue weighted by molar-refractivity contribution is 0.0689. The highest BCUT2D eigenvalue weighted by Gasteiger charge is 2.22. The summed E-state index contributed by atoms with van der Waals surface area (Å²) in [6.45, 7) is 0. The number of aryl methyl sites for hydroxylation is 1. The van der Waals surface area contributed by atoms with Crippen LogP contribution < -0.4 is 0 Å². The fourth-order valence-corrected chi connectivity index (χ4v) is 2.37. The van der Waals surface area contributed by atoms with Crippen LogP contribution in [0, 0.1) is 0 Å². The van der Waals surface area contributed by atoms with Crippen LogP contribution >= 0.6 is 11.8 Å². The van der Waals surface area contributed by atoms with E-state index in [1.54, 1.807) is 7.05 Å². The van der Waals surface area contributed by atoms with E-state index in [0.29, 0.717) is 5.03 Å². The molecule has 0 saturated heterocycles. The van der Waals surface area contributed by atoms with Crippen LogP contribution in [-0.4, -0.2) is 26.0 Å². The first-order chi connectivity index (χ1) is 8.09. The summed E-state index contributed by atoms with van der Waals surface area (Å²) in [5, 5.41) is 22.5. The van der Waals surface area contributed by atoms with Gasteiger partial charge in [0.15, 0.2) is 5.56 Å². The molecule has 0 aliphatic carbocycles. The minimum atomic E-state index is -1.19. The molecule has 1 aromatic carbocycles. The number of hydrogen-bond donors (Lipinski definition) is 2. The number of aromatic nitrogens is 2. The number of carboxylic acid groups (broad SMARTS) is 1. The van der Waals surface area contributed by atoms with Gasteiger partial charge in [-0.25, -0.2) is 4.79 Å². The van der Waals surface area contributed by atoms with Gasteiger partial charge in [-0.05, 0) is 12.1 Å². The molecule has 0 aliphatic heterocycles. The van der Waals surface area contributed by atoms with E-state index in [9.17, 15) is 9.90 Å². The molecular formula is C11H10N2O3S. The summed E-state index contributed by atoms with van der Waals surface area (Å²) < 4.78 is 1.36. The van der Waals surface area contributed by atoms with Crippen LogP contribution in [0.25, 0.3) is 0 Å². The largest absolute Gasteiger partial charge is 0.492 e. The van der Waals surface area contributed by atoms with Crippen LogP contribution in [0.15, 0.2) is 40.3 Å². The van der Waals surface area contributed by atoms with E-state index in [2.05, 4.69) is 5.10 Å². The summed E-state index contributed by atoms with van der Waals surface area (Å²) >= 11 is 1.25. The third-order valence-electron chi connectivity index (χ3n) is 2.15. The highest BCUT2D eigenvalue weighted by Crippen LogP contribution is 2.33. The molecular weight excluding hydrogens is 240 g/mol. The number of aromatic hydroxyl groups is 1. The van der Waals surface area contributed by atoms with Crippen molar-refractivity contribution in [3.63, 3.8) is 0 Å². The van der Waals surface area contributed by atoms with Gasteiger partial charge in [0.05, 0.1) is 0 Å². The first-order valence-corrected chi connectivity index (χ1v) is 5.63. The zero-order valence-corrected chi connectivity index (χ0v) is 9.81.